The molecule has 63 heavy (non-hydrogen) atoms. The van der Waals surface area contributed by atoms with E-state index in [0.29, 0.717) is 0 Å². The minimum Gasteiger partial charge on any atom is -0.454 e. The molecular weight excluding hydrogens is 765 g/mol. The quantitative estimate of drug-likeness (QED) is 0.153. The third-order valence-corrected chi connectivity index (χ3v) is 12.7. The number of benzene rings is 9. The van der Waals surface area contributed by atoms with Crippen molar-refractivity contribution in [1.29, 1.82) is 0 Å². The van der Waals surface area contributed by atoms with E-state index >= 15 is 0 Å². The number of rotatable bonds is 8. The van der Waals surface area contributed by atoms with Crippen molar-refractivity contribution >= 4 is 66.4 Å². The Bertz CT molecular complexity index is 3540. The number of para-hydroxylation sites is 4. The number of hydrogen-bond acceptors (Lipinski definition) is 2. The van der Waals surface area contributed by atoms with Gasteiger partial charge in [0.15, 0.2) is 5.58 Å². The first kappa shape index (κ1) is 36.7. The molecule has 0 aliphatic heterocycles. The number of anilines is 3. The van der Waals surface area contributed by atoms with Gasteiger partial charge in [0.1, 0.15) is 5.58 Å². The van der Waals surface area contributed by atoms with Crippen molar-refractivity contribution in [2.45, 2.75) is 12.8 Å². The molecule has 0 saturated carbocycles. The van der Waals surface area contributed by atoms with E-state index in [2.05, 4.69) is 228 Å². The summed E-state index contributed by atoms with van der Waals surface area (Å²) in [6, 6.07) is 76.7. The lowest BCUT2D eigenvalue weighted by Gasteiger charge is -2.26. The normalized spacial score (nSPS) is 12.7. The molecule has 1 aliphatic rings. The van der Waals surface area contributed by atoms with E-state index < -0.39 is 0 Å². The highest BCUT2D eigenvalue weighted by Gasteiger charge is 2.19. The maximum atomic E-state index is 6.53. The predicted octanol–water partition coefficient (Wildman–Crippen LogP) is 16.9. The molecule has 0 fully saturated rings. The molecule has 2 aromatic heterocycles. The van der Waals surface area contributed by atoms with Crippen LogP contribution in [0.1, 0.15) is 18.4 Å². The lowest BCUT2D eigenvalue weighted by Crippen LogP contribution is -2.09. The Morgan fingerprint density at radius 1 is 0.397 bits per heavy atom. The van der Waals surface area contributed by atoms with Crippen LogP contribution in [0.2, 0.25) is 0 Å². The summed E-state index contributed by atoms with van der Waals surface area (Å²) >= 11 is 0. The largest absolute Gasteiger partial charge is 0.454 e. The van der Waals surface area contributed by atoms with Crippen LogP contribution in [0.25, 0.3) is 88.4 Å². The van der Waals surface area contributed by atoms with Gasteiger partial charge >= 0.3 is 0 Å². The lowest BCUT2D eigenvalue weighted by molar-refractivity contribution is 0.666. The summed E-state index contributed by atoms with van der Waals surface area (Å²) in [6.07, 6.45) is 8.84. The Kier molecular flexibility index (Phi) is 8.97. The molecule has 0 amide bonds. The van der Waals surface area contributed by atoms with Gasteiger partial charge in [0.25, 0.3) is 0 Å². The molecule has 2 heterocycles. The number of fused-ring (bicyclic) bond motifs is 6. The van der Waals surface area contributed by atoms with Gasteiger partial charge in [0.05, 0.1) is 16.7 Å². The zero-order valence-electron chi connectivity index (χ0n) is 34.7. The van der Waals surface area contributed by atoms with Gasteiger partial charge in [0.2, 0.25) is 0 Å². The molecule has 3 heteroatoms. The van der Waals surface area contributed by atoms with Crippen molar-refractivity contribution < 1.29 is 4.42 Å². The van der Waals surface area contributed by atoms with E-state index in [-0.39, 0.29) is 0 Å². The second-order valence-corrected chi connectivity index (χ2v) is 16.4. The molecule has 12 rings (SSSR count). The highest BCUT2D eigenvalue weighted by atomic mass is 16.3. The fourth-order valence-electron chi connectivity index (χ4n) is 9.57. The minimum absolute atomic E-state index is 0.899. The third kappa shape index (κ3) is 6.54. The van der Waals surface area contributed by atoms with Crippen LogP contribution in [0.4, 0.5) is 17.1 Å². The Hall–Kier alpha value is -8.14. The fraction of sp³-hybridized carbons (Fsp3) is 0.0333. The van der Waals surface area contributed by atoms with Crippen LogP contribution in [0.3, 0.4) is 0 Å². The first-order valence-corrected chi connectivity index (χ1v) is 21.8. The number of aromatic nitrogens is 1. The van der Waals surface area contributed by atoms with Crippen molar-refractivity contribution in [2.75, 3.05) is 4.90 Å². The second kappa shape index (κ2) is 15.4. The van der Waals surface area contributed by atoms with Crippen molar-refractivity contribution in [3.05, 3.63) is 236 Å². The van der Waals surface area contributed by atoms with Crippen LogP contribution in [-0.4, -0.2) is 4.57 Å². The number of nitrogens with zero attached hydrogens (tertiary/aromatic N) is 2. The van der Waals surface area contributed by atoms with Gasteiger partial charge in [-0.3, -0.25) is 0 Å². The Morgan fingerprint density at radius 3 is 1.70 bits per heavy atom. The van der Waals surface area contributed by atoms with Gasteiger partial charge in [-0.15, -0.1) is 0 Å². The molecule has 0 saturated heterocycles. The van der Waals surface area contributed by atoms with Crippen molar-refractivity contribution in [2.24, 2.45) is 0 Å². The van der Waals surface area contributed by atoms with Gasteiger partial charge in [-0.2, -0.15) is 0 Å². The van der Waals surface area contributed by atoms with E-state index in [1.54, 1.807) is 0 Å². The van der Waals surface area contributed by atoms with Crippen LogP contribution in [0, 0.1) is 0 Å². The molecule has 1 aliphatic carbocycles. The SMILES string of the molecule is C1=CCCC(c2cc(-c3ccccc3)cc(-c3ccc(N(c4ccccc4)c4ccc(-c5ccc6c(c5)c5ccccc5n6-c5cccc6c5oc5ccccc56)cc4)cc3)c2)=C1. The van der Waals surface area contributed by atoms with E-state index in [4.69, 9.17) is 4.42 Å². The maximum Gasteiger partial charge on any atom is 0.159 e. The summed E-state index contributed by atoms with van der Waals surface area (Å²) in [4.78, 5) is 2.34. The third-order valence-electron chi connectivity index (χ3n) is 12.7. The van der Waals surface area contributed by atoms with Gasteiger partial charge in [-0.05, 0) is 142 Å². The summed E-state index contributed by atoms with van der Waals surface area (Å²) in [7, 11) is 0. The van der Waals surface area contributed by atoms with Gasteiger partial charge in [-0.1, -0.05) is 146 Å². The monoisotopic (exact) mass is 806 g/mol. The minimum atomic E-state index is 0.899. The second-order valence-electron chi connectivity index (χ2n) is 16.4. The van der Waals surface area contributed by atoms with Crippen LogP contribution in [0.15, 0.2) is 235 Å². The number of allylic oxidation sites excluding steroid dienone is 4. The summed E-state index contributed by atoms with van der Waals surface area (Å²) in [5.74, 6) is 0. The smallest absolute Gasteiger partial charge is 0.159 e. The molecule has 0 radical (unpaired) electrons. The molecule has 0 N–H and O–H groups in total. The molecule has 0 atom stereocenters. The van der Waals surface area contributed by atoms with Crippen LogP contribution >= 0.6 is 0 Å². The lowest BCUT2D eigenvalue weighted by atomic mass is 9.90. The summed E-state index contributed by atoms with van der Waals surface area (Å²) in [5, 5.41) is 4.68. The standard InChI is InChI=1S/C60H42N2O/c1-4-15-41(16-5-1)46-37-47(42-17-6-2-7-18-42)39-48(38-46)44-29-34-51(35-30-44)61(49-19-8-3-9-20-49)50-32-27-43(28-33-50)45-31-36-57-55(40-45)52-21-10-12-24-56(52)62(57)58-25-14-23-54-53-22-11-13-26-59(53)63-60(54)58/h1-6,8-17,19-40H,7,18H2. The van der Waals surface area contributed by atoms with Gasteiger partial charge in [-0.25, -0.2) is 0 Å². The summed E-state index contributed by atoms with van der Waals surface area (Å²) in [5.41, 5.74) is 18.3. The van der Waals surface area contributed by atoms with E-state index in [0.717, 1.165) is 74.1 Å². The zero-order valence-corrected chi connectivity index (χ0v) is 34.7. The molecule has 3 nitrogen and oxygen atoms in total. The first-order valence-electron chi connectivity index (χ1n) is 21.8. The van der Waals surface area contributed by atoms with E-state index in [1.165, 1.54) is 49.7 Å². The summed E-state index contributed by atoms with van der Waals surface area (Å²) in [6.45, 7) is 0. The molecule has 11 aromatic rings. The number of hydrogen-bond donors (Lipinski definition) is 0. The number of furan rings is 1. The average molecular weight is 807 g/mol. The Balaban J connectivity index is 0.903. The average Bonchev–Trinajstić information content (AvgIpc) is 3.91. The Labute approximate surface area is 366 Å². The molecular formula is C60H42N2O. The molecule has 0 bridgehead atoms. The van der Waals surface area contributed by atoms with Crippen molar-refractivity contribution in [3.63, 3.8) is 0 Å². The molecule has 9 aromatic carbocycles. The first-order chi connectivity index (χ1) is 31.2. The van der Waals surface area contributed by atoms with Crippen LogP contribution in [-0.2, 0) is 0 Å². The van der Waals surface area contributed by atoms with Crippen LogP contribution < -0.4 is 4.90 Å². The maximum absolute atomic E-state index is 6.53. The fourth-order valence-corrected chi connectivity index (χ4v) is 9.57. The van der Waals surface area contributed by atoms with Crippen molar-refractivity contribution in [1.82, 2.24) is 4.57 Å². The van der Waals surface area contributed by atoms with E-state index in [1.807, 2.05) is 12.1 Å². The predicted molar refractivity (Wildman–Crippen MR) is 265 cm³/mol. The highest BCUT2D eigenvalue weighted by molar-refractivity contribution is 6.13. The van der Waals surface area contributed by atoms with Gasteiger partial charge < -0.3 is 13.9 Å². The van der Waals surface area contributed by atoms with Crippen molar-refractivity contribution in [3.8, 4) is 39.1 Å². The Morgan fingerprint density at radius 2 is 0.968 bits per heavy atom. The molecule has 0 unspecified atom stereocenters. The zero-order chi connectivity index (χ0) is 41.7. The van der Waals surface area contributed by atoms with Crippen LogP contribution in [0.5, 0.6) is 0 Å². The highest BCUT2D eigenvalue weighted by Crippen LogP contribution is 2.41. The molecule has 0 spiro atoms. The summed E-state index contributed by atoms with van der Waals surface area (Å²) < 4.78 is 8.89. The van der Waals surface area contributed by atoms with E-state index in [9.17, 15) is 0 Å². The van der Waals surface area contributed by atoms with Gasteiger partial charge in [0, 0.05) is 38.6 Å². The molecule has 298 valence electrons. The topological polar surface area (TPSA) is 21.3 Å².